The van der Waals surface area contributed by atoms with E-state index in [0.717, 1.165) is 31.9 Å². The highest BCUT2D eigenvalue weighted by atomic mass is 79.9. The van der Waals surface area contributed by atoms with Crippen molar-refractivity contribution < 1.29 is 4.79 Å². The fourth-order valence-electron chi connectivity index (χ4n) is 1.66. The molecule has 0 fully saturated rings. The zero-order valence-electron chi connectivity index (χ0n) is 10.9. The van der Waals surface area contributed by atoms with Crippen molar-refractivity contribution in [3.63, 3.8) is 0 Å². The molecular weight excluding hydrogens is 378 g/mol. The quantitative estimate of drug-likeness (QED) is 0.701. The maximum absolute atomic E-state index is 12.0. The van der Waals surface area contributed by atoms with Crippen molar-refractivity contribution in [3.05, 3.63) is 19.2 Å². The van der Waals surface area contributed by atoms with Gasteiger partial charge in [-0.3, -0.25) is 4.79 Å². The van der Waals surface area contributed by atoms with Gasteiger partial charge in [-0.25, -0.2) is 0 Å². The first-order chi connectivity index (χ1) is 8.40. The van der Waals surface area contributed by atoms with E-state index in [1.165, 1.54) is 17.8 Å². The van der Waals surface area contributed by atoms with E-state index in [1.807, 2.05) is 6.07 Å². The van der Waals surface area contributed by atoms with Crippen molar-refractivity contribution >= 4 is 49.1 Å². The molecule has 5 heteroatoms. The summed E-state index contributed by atoms with van der Waals surface area (Å²) in [6.07, 6.45) is 3.42. The Kier molecular flexibility index (Phi) is 6.88. The average Bonchev–Trinajstić information content (AvgIpc) is 2.58. The summed E-state index contributed by atoms with van der Waals surface area (Å²) in [6, 6.07) is 2.08. The highest BCUT2D eigenvalue weighted by Gasteiger charge is 2.14. The largest absolute Gasteiger partial charge is 0.349 e. The molecule has 0 saturated carbocycles. The van der Waals surface area contributed by atoms with E-state index in [4.69, 9.17) is 0 Å². The van der Waals surface area contributed by atoms with E-state index in [9.17, 15) is 4.79 Å². The van der Waals surface area contributed by atoms with Crippen LogP contribution < -0.4 is 5.32 Å². The molecule has 0 unspecified atom stereocenters. The van der Waals surface area contributed by atoms with Gasteiger partial charge in [0.15, 0.2) is 0 Å². The van der Waals surface area contributed by atoms with E-state index in [1.54, 1.807) is 0 Å². The number of thiophene rings is 1. The molecule has 0 spiro atoms. The van der Waals surface area contributed by atoms with Gasteiger partial charge in [-0.05, 0) is 57.2 Å². The monoisotopic (exact) mass is 395 g/mol. The van der Waals surface area contributed by atoms with E-state index in [2.05, 4.69) is 57.9 Å². The van der Waals surface area contributed by atoms with Crippen LogP contribution in [-0.4, -0.2) is 11.9 Å². The van der Waals surface area contributed by atoms with Gasteiger partial charge in [0.1, 0.15) is 0 Å². The third-order valence-corrected chi connectivity index (χ3v) is 5.92. The summed E-state index contributed by atoms with van der Waals surface area (Å²) in [5.74, 6) is 0.751. The molecule has 1 rings (SSSR count). The van der Waals surface area contributed by atoms with Crippen LogP contribution in [0.5, 0.6) is 0 Å². The summed E-state index contributed by atoms with van der Waals surface area (Å²) >= 11 is 8.24. The van der Waals surface area contributed by atoms with Crippen LogP contribution in [0.2, 0.25) is 0 Å². The number of carbonyl (C=O) groups excluding carboxylic acids is 1. The molecule has 1 atom stereocenters. The second-order valence-electron chi connectivity index (χ2n) is 4.93. The van der Waals surface area contributed by atoms with Gasteiger partial charge in [0.05, 0.1) is 8.66 Å². The van der Waals surface area contributed by atoms with Gasteiger partial charge in [0.25, 0.3) is 5.91 Å². The van der Waals surface area contributed by atoms with Gasteiger partial charge in [0, 0.05) is 10.5 Å². The molecule has 0 aliphatic heterocycles. The zero-order valence-corrected chi connectivity index (χ0v) is 14.9. The second kappa shape index (κ2) is 7.65. The third kappa shape index (κ3) is 5.41. The van der Waals surface area contributed by atoms with Crippen LogP contribution in [0.4, 0.5) is 0 Å². The van der Waals surface area contributed by atoms with E-state index >= 15 is 0 Å². The molecule has 2 nitrogen and oxygen atoms in total. The molecular formula is C13H19Br2NOS. The summed E-state index contributed by atoms with van der Waals surface area (Å²) in [5.41, 5.74) is 0. The minimum absolute atomic E-state index is 0.0171. The first-order valence-corrected chi connectivity index (χ1v) is 8.56. The van der Waals surface area contributed by atoms with Crippen LogP contribution in [0.15, 0.2) is 14.3 Å². The highest BCUT2D eigenvalue weighted by molar-refractivity contribution is 9.13. The Labute approximate surface area is 130 Å². The molecule has 1 aromatic rings. The molecule has 102 valence electrons. The summed E-state index contributed by atoms with van der Waals surface area (Å²) in [6.45, 7) is 6.52. The first kappa shape index (κ1) is 16.2. The maximum Gasteiger partial charge on any atom is 0.261 e. The van der Waals surface area contributed by atoms with Crippen LogP contribution in [0.3, 0.4) is 0 Å². The van der Waals surface area contributed by atoms with Crippen molar-refractivity contribution in [2.75, 3.05) is 0 Å². The fraction of sp³-hybridized carbons (Fsp3) is 0.615. The molecule has 0 saturated heterocycles. The molecule has 0 radical (unpaired) electrons. The molecule has 18 heavy (non-hydrogen) atoms. The lowest BCUT2D eigenvalue weighted by Crippen LogP contribution is -2.31. The SMILES string of the molecule is CC(C)CCC[C@@H](C)NC(=O)c1cc(Br)c(Br)s1. The predicted molar refractivity (Wildman–Crippen MR) is 85.3 cm³/mol. The molecule has 1 aromatic heterocycles. The number of rotatable bonds is 6. The lowest BCUT2D eigenvalue weighted by Gasteiger charge is -2.13. The molecule has 0 aliphatic rings. The van der Waals surface area contributed by atoms with Crippen molar-refractivity contribution in [3.8, 4) is 0 Å². The summed E-state index contributed by atoms with van der Waals surface area (Å²) < 4.78 is 1.89. The summed E-state index contributed by atoms with van der Waals surface area (Å²) in [7, 11) is 0. The van der Waals surface area contributed by atoms with E-state index < -0.39 is 0 Å². The molecule has 0 aromatic carbocycles. The van der Waals surface area contributed by atoms with Crippen LogP contribution in [0, 0.1) is 5.92 Å². The lowest BCUT2D eigenvalue weighted by molar-refractivity contribution is 0.0942. The van der Waals surface area contributed by atoms with Crippen molar-refractivity contribution in [2.45, 2.75) is 46.1 Å². The van der Waals surface area contributed by atoms with Crippen LogP contribution in [0.25, 0.3) is 0 Å². The Morgan fingerprint density at radius 3 is 2.50 bits per heavy atom. The Morgan fingerprint density at radius 2 is 2.00 bits per heavy atom. The minimum atomic E-state index is 0.0171. The molecule has 1 N–H and O–H groups in total. The van der Waals surface area contributed by atoms with Crippen molar-refractivity contribution in [1.29, 1.82) is 0 Å². The Morgan fingerprint density at radius 1 is 1.33 bits per heavy atom. The standard InChI is InChI=1S/C13H19Br2NOS/c1-8(2)5-4-6-9(3)16-13(17)11-7-10(14)12(15)18-11/h7-9H,4-6H2,1-3H3,(H,16,17)/t9-/m1/s1. The smallest absolute Gasteiger partial charge is 0.261 e. The van der Waals surface area contributed by atoms with Crippen LogP contribution in [-0.2, 0) is 0 Å². The van der Waals surface area contributed by atoms with Crippen LogP contribution >= 0.6 is 43.2 Å². The van der Waals surface area contributed by atoms with Gasteiger partial charge in [0.2, 0.25) is 0 Å². The van der Waals surface area contributed by atoms with Crippen molar-refractivity contribution in [2.24, 2.45) is 5.92 Å². The van der Waals surface area contributed by atoms with Gasteiger partial charge < -0.3 is 5.32 Å². The summed E-state index contributed by atoms with van der Waals surface area (Å²) in [5, 5.41) is 3.04. The fourth-order valence-corrected chi connectivity index (χ4v) is 3.60. The van der Waals surface area contributed by atoms with Gasteiger partial charge >= 0.3 is 0 Å². The van der Waals surface area contributed by atoms with Gasteiger partial charge in [-0.2, -0.15) is 0 Å². The third-order valence-electron chi connectivity index (χ3n) is 2.67. The topological polar surface area (TPSA) is 29.1 Å². The number of carbonyl (C=O) groups is 1. The van der Waals surface area contributed by atoms with Crippen LogP contribution in [0.1, 0.15) is 49.7 Å². The van der Waals surface area contributed by atoms with Crippen molar-refractivity contribution in [1.82, 2.24) is 5.32 Å². The maximum atomic E-state index is 12.0. The van der Waals surface area contributed by atoms with Gasteiger partial charge in [-0.1, -0.05) is 26.7 Å². The summed E-state index contributed by atoms with van der Waals surface area (Å²) in [4.78, 5) is 12.7. The molecule has 0 aliphatic carbocycles. The Bertz CT molecular complexity index is 384. The number of hydrogen-bond acceptors (Lipinski definition) is 2. The zero-order chi connectivity index (χ0) is 13.7. The Balaban J connectivity index is 2.39. The molecule has 1 heterocycles. The highest BCUT2D eigenvalue weighted by Crippen LogP contribution is 2.32. The first-order valence-electron chi connectivity index (χ1n) is 6.15. The number of amides is 1. The number of halogens is 2. The lowest BCUT2D eigenvalue weighted by atomic mass is 10.0. The second-order valence-corrected chi connectivity index (χ2v) is 8.16. The average molecular weight is 397 g/mol. The normalized spacial score (nSPS) is 12.8. The van der Waals surface area contributed by atoms with E-state index in [0.29, 0.717) is 0 Å². The number of hydrogen-bond donors (Lipinski definition) is 1. The molecule has 1 amide bonds. The minimum Gasteiger partial charge on any atom is -0.349 e. The van der Waals surface area contributed by atoms with Gasteiger partial charge in [-0.15, -0.1) is 11.3 Å². The predicted octanol–water partition coefficient (Wildman–Crippen LogP) is 5.22. The van der Waals surface area contributed by atoms with E-state index in [-0.39, 0.29) is 11.9 Å². The molecule has 0 bridgehead atoms. The Hall–Kier alpha value is 0.130. The number of nitrogens with one attached hydrogen (secondary N) is 1.